The number of hydrogen-bond donors (Lipinski definition) is 2. The first-order chi connectivity index (χ1) is 41.8. The van der Waals surface area contributed by atoms with Gasteiger partial charge in [0.15, 0.2) is 6.10 Å². The monoisotopic (exact) mass is 1190 g/mol. The minimum Gasteiger partial charge on any atom is -0.462 e. The van der Waals surface area contributed by atoms with Crippen LogP contribution in [-0.4, -0.2) is 49.3 Å². The summed E-state index contributed by atoms with van der Waals surface area (Å²) >= 11 is 0. The highest BCUT2D eigenvalue weighted by atomic mass is 31.2. The van der Waals surface area contributed by atoms with Gasteiger partial charge >= 0.3 is 19.8 Å². The van der Waals surface area contributed by atoms with Gasteiger partial charge in [0.2, 0.25) is 0 Å². The van der Waals surface area contributed by atoms with Gasteiger partial charge in [-0.15, -0.1) is 0 Å². The molecular formula is C75H120NO8P. The third-order valence-corrected chi connectivity index (χ3v) is 14.3. The number of rotatable bonds is 60. The van der Waals surface area contributed by atoms with E-state index in [9.17, 15) is 19.0 Å². The number of phosphoric ester groups is 1. The van der Waals surface area contributed by atoms with E-state index in [1.807, 2.05) is 0 Å². The van der Waals surface area contributed by atoms with Crippen molar-refractivity contribution in [2.45, 2.75) is 251 Å². The molecule has 0 heterocycles. The Hall–Kier alpha value is -4.89. The van der Waals surface area contributed by atoms with Crippen LogP contribution >= 0.6 is 7.82 Å². The molecule has 0 bridgehead atoms. The van der Waals surface area contributed by atoms with E-state index in [1.165, 1.54) is 57.8 Å². The lowest BCUT2D eigenvalue weighted by molar-refractivity contribution is -0.161. The first-order valence-corrected chi connectivity index (χ1v) is 34.8. The lowest BCUT2D eigenvalue weighted by atomic mass is 10.0. The zero-order valence-corrected chi connectivity index (χ0v) is 54.4. The Balaban J connectivity index is 3.99. The minimum atomic E-state index is -4.41. The molecule has 2 atom stereocenters. The third-order valence-electron chi connectivity index (χ3n) is 13.3. The van der Waals surface area contributed by atoms with E-state index in [-0.39, 0.29) is 32.6 Å². The smallest absolute Gasteiger partial charge is 0.462 e. The Morgan fingerprint density at radius 2 is 0.612 bits per heavy atom. The van der Waals surface area contributed by atoms with Crippen LogP contribution in [-0.2, 0) is 32.7 Å². The van der Waals surface area contributed by atoms with Gasteiger partial charge in [-0.05, 0) is 135 Å². The Kier molecular flexibility index (Phi) is 64.3. The topological polar surface area (TPSA) is 134 Å². The summed E-state index contributed by atoms with van der Waals surface area (Å²) in [4.78, 5) is 35.3. The normalized spacial score (nSPS) is 14.2. The summed E-state index contributed by atoms with van der Waals surface area (Å²) in [5.74, 6) is -0.856. The van der Waals surface area contributed by atoms with Gasteiger partial charge in [-0.1, -0.05) is 280 Å². The number of carbonyl (C=O) groups is 2. The van der Waals surface area contributed by atoms with Gasteiger partial charge in [0.1, 0.15) is 6.61 Å². The fourth-order valence-corrected chi connectivity index (χ4v) is 9.22. The number of unbranched alkanes of at least 4 members (excludes halogenated alkanes) is 17. The van der Waals surface area contributed by atoms with Crippen LogP contribution in [0.15, 0.2) is 182 Å². The minimum absolute atomic E-state index is 0.0418. The van der Waals surface area contributed by atoms with Crippen molar-refractivity contribution >= 4 is 19.8 Å². The van der Waals surface area contributed by atoms with Crippen molar-refractivity contribution in [3.63, 3.8) is 0 Å². The predicted molar refractivity (Wildman–Crippen MR) is 366 cm³/mol. The van der Waals surface area contributed by atoms with E-state index in [1.54, 1.807) is 0 Å². The number of esters is 2. The number of ether oxygens (including phenoxy) is 2. The summed E-state index contributed by atoms with van der Waals surface area (Å²) in [5, 5.41) is 0. The van der Waals surface area contributed by atoms with Gasteiger partial charge in [-0.25, -0.2) is 4.57 Å². The van der Waals surface area contributed by atoms with Crippen LogP contribution in [0.2, 0.25) is 0 Å². The standard InChI is InChI=1S/C75H120NO8P/c1-3-5-7-9-11-13-15-17-19-21-23-25-27-28-29-30-31-32-33-34-35-36-37-38-39-40-41-42-43-44-46-48-50-52-54-56-58-60-62-64-66-68-75(78)84-73(72-83-85(79,80)82-70-69-76)71-81-74(77)67-65-63-61-59-57-55-53-51-49-47-45-26-24-22-20-18-16-14-12-10-8-6-4-2/h5-8,11-14,17-20,23-26,28-29,31-32,34-35,37-38,40-41,43-44,47,49,73H,3-4,9-10,15-16,21-22,27,30,33,36,39,42,45-46,48,50-72,76H2,1-2H3,(H,79,80)/b7-5-,8-6-,13-11-,14-12-,19-17-,20-18-,25-23-,26-24-,29-28-,32-31-,35-34-,38-37-,41-40-,44-43-,49-47-. The van der Waals surface area contributed by atoms with Gasteiger partial charge < -0.3 is 20.1 Å². The van der Waals surface area contributed by atoms with Crippen molar-refractivity contribution in [1.29, 1.82) is 0 Å². The molecule has 0 aliphatic heterocycles. The highest BCUT2D eigenvalue weighted by Gasteiger charge is 2.26. The van der Waals surface area contributed by atoms with Crippen molar-refractivity contribution in [2.24, 2.45) is 5.73 Å². The van der Waals surface area contributed by atoms with Crippen LogP contribution in [0.1, 0.15) is 245 Å². The molecule has 0 aliphatic rings. The predicted octanol–water partition coefficient (Wildman–Crippen LogP) is 22.0. The fraction of sp³-hybridized carbons (Fsp3) is 0.573. The zero-order chi connectivity index (χ0) is 61.6. The van der Waals surface area contributed by atoms with Crippen molar-refractivity contribution < 1.29 is 37.6 Å². The SMILES string of the molecule is CC/C=C\C/C=C\C/C=C\C/C=C\C/C=C\C/C=C\C/C=C\C/C=C\C/C=C\C/C=C\CCCCCCCCCCCCC(=O)OC(COC(=O)CCCCCCCCC/C=C\C/C=C\C/C=C\C/C=C\C/C=C\CC)COP(=O)(O)OCCN. The third kappa shape index (κ3) is 68.1. The first-order valence-electron chi connectivity index (χ1n) is 33.3. The van der Waals surface area contributed by atoms with Gasteiger partial charge in [0.05, 0.1) is 13.2 Å². The van der Waals surface area contributed by atoms with Crippen LogP contribution in [0.5, 0.6) is 0 Å². The van der Waals surface area contributed by atoms with Crippen molar-refractivity contribution in [2.75, 3.05) is 26.4 Å². The molecule has 0 aromatic heterocycles. The maximum atomic E-state index is 12.8. The summed E-state index contributed by atoms with van der Waals surface area (Å²) in [6.07, 6.45) is 102. The molecule has 0 fully saturated rings. The number of nitrogens with two attached hydrogens (primary N) is 1. The van der Waals surface area contributed by atoms with E-state index >= 15 is 0 Å². The second-order valence-corrected chi connectivity index (χ2v) is 22.7. The summed E-state index contributed by atoms with van der Waals surface area (Å²) in [5.41, 5.74) is 5.39. The van der Waals surface area contributed by atoms with Crippen LogP contribution in [0.25, 0.3) is 0 Å². The van der Waals surface area contributed by atoms with Crippen molar-refractivity contribution in [3.05, 3.63) is 182 Å². The van der Waals surface area contributed by atoms with E-state index in [0.717, 1.165) is 148 Å². The summed E-state index contributed by atoms with van der Waals surface area (Å²) in [6, 6.07) is 0. The number of carbonyl (C=O) groups excluding carboxylic acids is 2. The zero-order valence-electron chi connectivity index (χ0n) is 53.5. The van der Waals surface area contributed by atoms with E-state index in [2.05, 4.69) is 196 Å². The van der Waals surface area contributed by atoms with Crippen LogP contribution in [0.4, 0.5) is 0 Å². The van der Waals surface area contributed by atoms with E-state index in [4.69, 9.17) is 24.3 Å². The molecule has 0 aromatic rings. The molecule has 478 valence electrons. The van der Waals surface area contributed by atoms with Crippen LogP contribution in [0.3, 0.4) is 0 Å². The second-order valence-electron chi connectivity index (χ2n) is 21.2. The lowest BCUT2D eigenvalue weighted by Crippen LogP contribution is -2.29. The molecule has 9 nitrogen and oxygen atoms in total. The molecule has 0 amide bonds. The number of phosphoric acid groups is 1. The largest absolute Gasteiger partial charge is 0.472 e. The summed E-state index contributed by atoms with van der Waals surface area (Å²) in [6.45, 7) is 3.48. The molecule has 3 N–H and O–H groups in total. The maximum absolute atomic E-state index is 12.8. The van der Waals surface area contributed by atoms with Crippen molar-refractivity contribution in [3.8, 4) is 0 Å². The number of hydrogen-bond acceptors (Lipinski definition) is 8. The lowest BCUT2D eigenvalue weighted by Gasteiger charge is -2.19. The van der Waals surface area contributed by atoms with Gasteiger partial charge in [-0.3, -0.25) is 18.6 Å². The Labute approximate surface area is 520 Å². The molecule has 0 radical (unpaired) electrons. The fourth-order valence-electron chi connectivity index (χ4n) is 8.46. The second kappa shape index (κ2) is 68.2. The highest BCUT2D eigenvalue weighted by molar-refractivity contribution is 7.47. The van der Waals surface area contributed by atoms with Crippen LogP contribution in [0, 0.1) is 0 Å². The maximum Gasteiger partial charge on any atom is 0.472 e. The highest BCUT2D eigenvalue weighted by Crippen LogP contribution is 2.43. The average molecular weight is 1190 g/mol. The molecule has 0 saturated heterocycles. The molecule has 0 spiro atoms. The Bertz CT molecular complexity index is 2040. The summed E-state index contributed by atoms with van der Waals surface area (Å²) in [7, 11) is -4.41. The molecule has 2 unspecified atom stereocenters. The molecule has 0 aliphatic carbocycles. The number of allylic oxidation sites excluding steroid dienone is 30. The summed E-state index contributed by atoms with van der Waals surface area (Å²) < 4.78 is 33.1. The van der Waals surface area contributed by atoms with E-state index < -0.39 is 32.5 Å². The van der Waals surface area contributed by atoms with Crippen LogP contribution < -0.4 is 5.73 Å². The quantitative estimate of drug-likeness (QED) is 0.0264. The van der Waals surface area contributed by atoms with Gasteiger partial charge in [-0.2, -0.15) is 0 Å². The van der Waals surface area contributed by atoms with E-state index in [0.29, 0.717) is 12.8 Å². The Morgan fingerprint density at radius 1 is 0.353 bits per heavy atom. The van der Waals surface area contributed by atoms with Gasteiger partial charge in [0, 0.05) is 19.4 Å². The molecular weight excluding hydrogens is 1070 g/mol. The molecule has 0 saturated carbocycles. The van der Waals surface area contributed by atoms with Crippen molar-refractivity contribution in [1.82, 2.24) is 0 Å². The van der Waals surface area contributed by atoms with Gasteiger partial charge in [0.25, 0.3) is 0 Å². The Morgan fingerprint density at radius 3 is 0.906 bits per heavy atom. The molecule has 0 aromatic carbocycles. The molecule has 85 heavy (non-hydrogen) atoms. The molecule has 10 heteroatoms. The first kappa shape index (κ1) is 80.1. The average Bonchev–Trinajstić information content (AvgIpc) is 3.52. The molecule has 0 rings (SSSR count).